The van der Waals surface area contributed by atoms with Gasteiger partial charge in [0.15, 0.2) is 0 Å². The van der Waals surface area contributed by atoms with E-state index in [4.69, 9.17) is 10.5 Å². The van der Waals surface area contributed by atoms with E-state index < -0.39 is 0 Å². The van der Waals surface area contributed by atoms with Gasteiger partial charge in [-0.05, 0) is 18.4 Å². The smallest absolute Gasteiger partial charge is 0.251 e. The van der Waals surface area contributed by atoms with E-state index in [9.17, 15) is 4.79 Å². The fraction of sp³-hybridized carbons (Fsp3) is 0.533. The molecule has 1 aromatic carbocycles. The highest BCUT2D eigenvalue weighted by molar-refractivity contribution is 5.80. The summed E-state index contributed by atoms with van der Waals surface area (Å²) in [6.07, 6.45) is 1.16. The minimum absolute atomic E-state index is 0.0337. The Morgan fingerprint density at radius 2 is 2.00 bits per heavy atom. The molecule has 1 unspecified atom stereocenters. The van der Waals surface area contributed by atoms with Gasteiger partial charge in [-0.25, -0.2) is 0 Å². The second-order valence-electron chi connectivity index (χ2n) is 4.48. The van der Waals surface area contributed by atoms with Crippen molar-refractivity contribution >= 4 is 5.91 Å². The van der Waals surface area contributed by atoms with Crippen LogP contribution in [0.4, 0.5) is 0 Å². The van der Waals surface area contributed by atoms with E-state index in [-0.39, 0.29) is 12.0 Å². The first-order chi connectivity index (χ1) is 9.22. The third kappa shape index (κ3) is 5.01. The summed E-state index contributed by atoms with van der Waals surface area (Å²) in [5.41, 5.74) is 6.81. The highest BCUT2D eigenvalue weighted by Gasteiger charge is 2.21. The van der Waals surface area contributed by atoms with Gasteiger partial charge in [0.2, 0.25) is 0 Å². The second kappa shape index (κ2) is 8.67. The van der Waals surface area contributed by atoms with E-state index in [2.05, 4.69) is 12.1 Å². The molecule has 0 saturated carbocycles. The van der Waals surface area contributed by atoms with Crippen molar-refractivity contribution in [3.05, 3.63) is 35.9 Å². The van der Waals surface area contributed by atoms with Crippen LogP contribution < -0.4 is 5.73 Å². The molecule has 0 spiro atoms. The van der Waals surface area contributed by atoms with Crippen molar-refractivity contribution in [2.75, 3.05) is 26.7 Å². The van der Waals surface area contributed by atoms with E-state index in [1.165, 1.54) is 5.56 Å². The third-order valence-electron chi connectivity index (χ3n) is 3.15. The van der Waals surface area contributed by atoms with Crippen LogP contribution in [0.2, 0.25) is 0 Å². The number of nitrogens with zero attached hydrogens (tertiary/aromatic N) is 1. The zero-order chi connectivity index (χ0) is 14.1. The summed E-state index contributed by atoms with van der Waals surface area (Å²) in [6, 6.07) is 10.1. The lowest BCUT2D eigenvalue weighted by Gasteiger charge is -2.26. The van der Waals surface area contributed by atoms with Gasteiger partial charge in [-0.1, -0.05) is 37.3 Å². The molecule has 0 aliphatic rings. The van der Waals surface area contributed by atoms with Crippen LogP contribution in [-0.4, -0.2) is 43.7 Å². The van der Waals surface area contributed by atoms with Gasteiger partial charge in [-0.15, -0.1) is 0 Å². The molecule has 0 aliphatic carbocycles. The Labute approximate surface area is 115 Å². The number of methoxy groups -OCH3 is 1. The second-order valence-corrected chi connectivity index (χ2v) is 4.48. The normalized spacial score (nSPS) is 12.2. The third-order valence-corrected chi connectivity index (χ3v) is 3.15. The maximum atomic E-state index is 12.3. The molecule has 2 N–H and O–H groups in total. The summed E-state index contributed by atoms with van der Waals surface area (Å²) in [5, 5.41) is 0. The molecule has 0 bridgehead atoms. The van der Waals surface area contributed by atoms with Crippen molar-refractivity contribution in [2.45, 2.75) is 25.9 Å². The zero-order valence-corrected chi connectivity index (χ0v) is 11.8. The van der Waals surface area contributed by atoms with E-state index in [0.29, 0.717) is 26.1 Å². The zero-order valence-electron chi connectivity index (χ0n) is 11.8. The predicted molar refractivity (Wildman–Crippen MR) is 76.9 cm³/mol. The van der Waals surface area contributed by atoms with Crippen LogP contribution >= 0.6 is 0 Å². The maximum Gasteiger partial charge on any atom is 0.251 e. The molecule has 1 amide bonds. The number of carbonyl (C=O) groups excluding carboxylic acids is 1. The Bertz CT molecular complexity index is 364. The number of carbonyl (C=O) groups is 1. The van der Waals surface area contributed by atoms with Crippen LogP contribution in [0.15, 0.2) is 30.3 Å². The highest BCUT2D eigenvalue weighted by atomic mass is 16.5. The van der Waals surface area contributed by atoms with Crippen molar-refractivity contribution in [1.29, 1.82) is 0 Å². The fourth-order valence-electron chi connectivity index (χ4n) is 2.04. The molecule has 4 nitrogen and oxygen atoms in total. The van der Waals surface area contributed by atoms with Crippen LogP contribution in [0.1, 0.15) is 18.9 Å². The van der Waals surface area contributed by atoms with E-state index >= 15 is 0 Å². The van der Waals surface area contributed by atoms with Crippen LogP contribution in [0.3, 0.4) is 0 Å². The number of hydrogen-bond acceptors (Lipinski definition) is 3. The topological polar surface area (TPSA) is 55.6 Å². The van der Waals surface area contributed by atoms with Gasteiger partial charge < -0.3 is 15.4 Å². The lowest BCUT2D eigenvalue weighted by atomic mass is 10.1. The highest BCUT2D eigenvalue weighted by Crippen LogP contribution is 2.06. The summed E-state index contributed by atoms with van der Waals surface area (Å²) < 4.78 is 5.21. The molecule has 0 radical (unpaired) electrons. The lowest BCUT2D eigenvalue weighted by Crippen LogP contribution is -2.43. The molecule has 0 aromatic heterocycles. The summed E-state index contributed by atoms with van der Waals surface area (Å²) in [7, 11) is 1.57. The molecule has 1 aromatic rings. The SMILES string of the molecule is CCC(OC)C(=O)N(CCN)CCc1ccccc1. The number of nitrogens with two attached hydrogens (primary N) is 1. The monoisotopic (exact) mass is 264 g/mol. The predicted octanol–water partition coefficient (Wildman–Crippen LogP) is 1.44. The van der Waals surface area contributed by atoms with Crippen molar-refractivity contribution in [1.82, 2.24) is 4.90 Å². The van der Waals surface area contributed by atoms with Gasteiger partial charge in [-0.3, -0.25) is 4.79 Å². The van der Waals surface area contributed by atoms with Gasteiger partial charge in [0.1, 0.15) is 6.10 Å². The Balaban J connectivity index is 2.59. The molecule has 0 saturated heterocycles. The summed E-state index contributed by atoms with van der Waals surface area (Å²) in [6.45, 7) is 3.68. The number of amides is 1. The summed E-state index contributed by atoms with van der Waals surface area (Å²) in [5.74, 6) is 0.0337. The van der Waals surface area contributed by atoms with Gasteiger partial charge in [0.05, 0.1) is 0 Å². The molecule has 0 fully saturated rings. The Morgan fingerprint density at radius 3 is 2.53 bits per heavy atom. The van der Waals surface area contributed by atoms with Crippen molar-refractivity contribution < 1.29 is 9.53 Å². The molecular formula is C15H24N2O2. The fourth-order valence-corrected chi connectivity index (χ4v) is 2.04. The molecule has 0 heterocycles. The Kier molecular flexibility index (Phi) is 7.15. The molecule has 1 rings (SSSR count). The van der Waals surface area contributed by atoms with Crippen LogP contribution in [0.25, 0.3) is 0 Å². The van der Waals surface area contributed by atoms with Gasteiger partial charge in [-0.2, -0.15) is 0 Å². The van der Waals surface area contributed by atoms with Gasteiger partial charge in [0, 0.05) is 26.7 Å². The van der Waals surface area contributed by atoms with E-state index in [1.54, 1.807) is 12.0 Å². The number of benzene rings is 1. The first kappa shape index (κ1) is 15.7. The largest absolute Gasteiger partial charge is 0.372 e. The number of ether oxygens (including phenoxy) is 1. The van der Waals surface area contributed by atoms with Crippen molar-refractivity contribution in [2.24, 2.45) is 5.73 Å². The van der Waals surface area contributed by atoms with Crippen molar-refractivity contribution in [3.8, 4) is 0 Å². The summed E-state index contributed by atoms with van der Waals surface area (Å²) >= 11 is 0. The van der Waals surface area contributed by atoms with Crippen LogP contribution in [0, 0.1) is 0 Å². The van der Waals surface area contributed by atoms with Crippen LogP contribution in [-0.2, 0) is 16.0 Å². The standard InChI is InChI=1S/C15H24N2O2/c1-3-14(19-2)15(18)17(12-10-16)11-9-13-7-5-4-6-8-13/h4-8,14H,3,9-12,16H2,1-2H3. The summed E-state index contributed by atoms with van der Waals surface area (Å²) in [4.78, 5) is 14.1. The van der Waals surface area contributed by atoms with Crippen molar-refractivity contribution in [3.63, 3.8) is 0 Å². The number of hydrogen-bond donors (Lipinski definition) is 1. The minimum atomic E-state index is -0.359. The molecule has 1 atom stereocenters. The average Bonchev–Trinajstić information content (AvgIpc) is 2.45. The van der Waals surface area contributed by atoms with E-state index in [0.717, 1.165) is 6.42 Å². The Hall–Kier alpha value is -1.39. The average molecular weight is 264 g/mol. The quantitative estimate of drug-likeness (QED) is 0.773. The molecule has 4 heteroatoms. The minimum Gasteiger partial charge on any atom is -0.372 e. The molecule has 106 valence electrons. The van der Waals surface area contributed by atoms with Crippen LogP contribution in [0.5, 0.6) is 0 Å². The first-order valence-electron chi connectivity index (χ1n) is 6.78. The lowest BCUT2D eigenvalue weighted by molar-refractivity contribution is -0.142. The first-order valence-corrected chi connectivity index (χ1v) is 6.78. The molecule has 0 aliphatic heterocycles. The maximum absolute atomic E-state index is 12.3. The molecular weight excluding hydrogens is 240 g/mol. The van der Waals surface area contributed by atoms with E-state index in [1.807, 2.05) is 25.1 Å². The molecule has 19 heavy (non-hydrogen) atoms. The van der Waals surface area contributed by atoms with Gasteiger partial charge in [0.25, 0.3) is 5.91 Å². The Morgan fingerprint density at radius 1 is 1.32 bits per heavy atom. The number of rotatable bonds is 8. The van der Waals surface area contributed by atoms with Gasteiger partial charge >= 0.3 is 0 Å².